The van der Waals surface area contributed by atoms with E-state index in [1.165, 1.54) is 30.6 Å². The van der Waals surface area contributed by atoms with Crippen molar-refractivity contribution in [3.63, 3.8) is 0 Å². The number of carbonyl (C=O) groups is 1. The molecule has 1 N–H and O–H groups in total. The summed E-state index contributed by atoms with van der Waals surface area (Å²) in [7, 11) is 1.50. The molecular weight excluding hydrogens is 465 g/mol. The molecule has 0 radical (unpaired) electrons. The number of nitrogens with zero attached hydrogens (tertiary/aromatic N) is 2. The number of methoxy groups -OCH3 is 1. The number of nitriles is 1. The molecule has 0 aliphatic heterocycles. The Balaban J connectivity index is 1.47. The van der Waals surface area contributed by atoms with Crippen LogP contribution in [0, 0.1) is 17.1 Å². The van der Waals surface area contributed by atoms with Crippen LogP contribution in [0.5, 0.6) is 11.5 Å². The number of benzene rings is 3. The highest BCUT2D eigenvalue weighted by Crippen LogP contribution is 2.31. The van der Waals surface area contributed by atoms with Crippen LogP contribution in [0.25, 0.3) is 22.9 Å². The number of anilines is 1. The van der Waals surface area contributed by atoms with Gasteiger partial charge < -0.3 is 14.8 Å². The number of ether oxygens (including phenoxy) is 2. The molecule has 0 unspecified atom stereocenters. The number of aromatic nitrogens is 1. The fourth-order valence-corrected chi connectivity index (χ4v) is 4.01. The first-order chi connectivity index (χ1) is 17.1. The quantitative estimate of drug-likeness (QED) is 0.308. The number of para-hydroxylation sites is 1. The second-order valence-corrected chi connectivity index (χ2v) is 8.19. The number of hydrogen-bond donors (Lipinski definition) is 1. The predicted molar refractivity (Wildman–Crippen MR) is 135 cm³/mol. The van der Waals surface area contributed by atoms with Gasteiger partial charge in [0.25, 0.3) is 5.91 Å². The summed E-state index contributed by atoms with van der Waals surface area (Å²) in [6.45, 7) is -0.185. The molecule has 3 aromatic carbocycles. The monoisotopic (exact) mass is 485 g/mol. The van der Waals surface area contributed by atoms with Gasteiger partial charge in [0, 0.05) is 16.6 Å². The van der Waals surface area contributed by atoms with Crippen LogP contribution >= 0.6 is 11.3 Å². The molecule has 0 aliphatic rings. The van der Waals surface area contributed by atoms with E-state index in [1.807, 2.05) is 23.6 Å². The number of amides is 1. The first-order valence-corrected chi connectivity index (χ1v) is 11.4. The van der Waals surface area contributed by atoms with Crippen molar-refractivity contribution in [2.75, 3.05) is 19.0 Å². The molecule has 4 rings (SSSR count). The maximum absolute atomic E-state index is 13.2. The van der Waals surface area contributed by atoms with E-state index < -0.39 is 0 Å². The van der Waals surface area contributed by atoms with Crippen molar-refractivity contribution in [1.82, 2.24) is 4.98 Å². The summed E-state index contributed by atoms with van der Waals surface area (Å²) in [6.07, 6.45) is 1.70. The van der Waals surface area contributed by atoms with E-state index in [4.69, 9.17) is 9.47 Å². The molecule has 174 valence electrons. The Morgan fingerprint density at radius 3 is 2.60 bits per heavy atom. The largest absolute Gasteiger partial charge is 0.493 e. The zero-order chi connectivity index (χ0) is 24.6. The second kappa shape index (κ2) is 11.1. The molecule has 35 heavy (non-hydrogen) atoms. The lowest BCUT2D eigenvalue weighted by atomic mass is 10.1. The van der Waals surface area contributed by atoms with E-state index >= 15 is 0 Å². The first kappa shape index (κ1) is 23.7. The Hall–Kier alpha value is -4.48. The summed E-state index contributed by atoms with van der Waals surface area (Å²) < 4.78 is 24.2. The minimum Gasteiger partial charge on any atom is -0.493 e. The summed E-state index contributed by atoms with van der Waals surface area (Å²) in [6, 6.07) is 22.5. The Kier molecular flexibility index (Phi) is 7.50. The van der Waals surface area contributed by atoms with Crippen LogP contribution in [-0.4, -0.2) is 24.6 Å². The smallest absolute Gasteiger partial charge is 0.262 e. The molecular formula is C27H20FN3O3S. The molecule has 0 fully saturated rings. The van der Waals surface area contributed by atoms with Crippen LogP contribution in [0.3, 0.4) is 0 Å². The molecule has 0 spiro atoms. The van der Waals surface area contributed by atoms with Gasteiger partial charge in [-0.1, -0.05) is 24.3 Å². The third-order valence-electron chi connectivity index (χ3n) is 4.91. The lowest BCUT2D eigenvalue weighted by molar-refractivity contribution is -0.118. The van der Waals surface area contributed by atoms with Gasteiger partial charge in [-0.15, -0.1) is 11.3 Å². The van der Waals surface area contributed by atoms with Gasteiger partial charge in [-0.25, -0.2) is 9.37 Å². The van der Waals surface area contributed by atoms with Crippen LogP contribution in [0.15, 0.2) is 78.2 Å². The van der Waals surface area contributed by atoms with Crippen molar-refractivity contribution in [1.29, 1.82) is 5.26 Å². The summed E-state index contributed by atoms with van der Waals surface area (Å²) in [4.78, 5) is 16.7. The predicted octanol–water partition coefficient (Wildman–Crippen LogP) is 6.04. The maximum Gasteiger partial charge on any atom is 0.262 e. The lowest BCUT2D eigenvalue weighted by Crippen LogP contribution is -2.20. The van der Waals surface area contributed by atoms with Crippen molar-refractivity contribution in [2.24, 2.45) is 0 Å². The van der Waals surface area contributed by atoms with E-state index in [0.717, 1.165) is 5.56 Å². The molecule has 4 aromatic rings. The van der Waals surface area contributed by atoms with Gasteiger partial charge >= 0.3 is 0 Å². The zero-order valence-electron chi connectivity index (χ0n) is 18.7. The number of hydrogen-bond acceptors (Lipinski definition) is 6. The van der Waals surface area contributed by atoms with Crippen LogP contribution in [-0.2, 0) is 4.79 Å². The number of allylic oxidation sites excluding steroid dienone is 1. The third-order valence-corrected chi connectivity index (χ3v) is 5.79. The Labute approximate surface area is 205 Å². The number of carbonyl (C=O) groups excluding carboxylic acids is 1. The molecule has 0 aliphatic carbocycles. The average molecular weight is 486 g/mol. The highest BCUT2D eigenvalue weighted by Gasteiger charge is 2.12. The molecule has 8 heteroatoms. The maximum atomic E-state index is 13.2. The molecule has 0 atom stereocenters. The van der Waals surface area contributed by atoms with Crippen molar-refractivity contribution in [3.05, 3.63) is 94.6 Å². The highest BCUT2D eigenvalue weighted by molar-refractivity contribution is 7.11. The highest BCUT2D eigenvalue weighted by atomic mass is 32.1. The number of halogens is 1. The van der Waals surface area contributed by atoms with Crippen molar-refractivity contribution < 1.29 is 18.7 Å². The van der Waals surface area contributed by atoms with Crippen LogP contribution in [0.4, 0.5) is 10.1 Å². The van der Waals surface area contributed by atoms with Crippen LogP contribution in [0.1, 0.15) is 10.6 Å². The first-order valence-electron chi connectivity index (χ1n) is 10.5. The molecule has 1 heterocycles. The van der Waals surface area contributed by atoms with Crippen molar-refractivity contribution in [2.45, 2.75) is 0 Å². The minimum absolute atomic E-state index is 0.185. The zero-order valence-corrected chi connectivity index (χ0v) is 19.5. The fraction of sp³-hybridized carbons (Fsp3) is 0.0741. The SMILES string of the molecule is COc1cc(C=C(C#N)c2nc(-c3ccc(F)cc3)cs2)ccc1OCC(=O)Nc1ccccc1. The van der Waals surface area contributed by atoms with E-state index in [0.29, 0.717) is 39.0 Å². The molecule has 0 saturated heterocycles. The van der Waals surface area contributed by atoms with Gasteiger partial charge in [0.1, 0.15) is 16.9 Å². The van der Waals surface area contributed by atoms with Crippen molar-refractivity contribution >= 4 is 34.6 Å². The van der Waals surface area contributed by atoms with E-state index in [1.54, 1.807) is 48.5 Å². The molecule has 1 aromatic heterocycles. The molecule has 6 nitrogen and oxygen atoms in total. The summed E-state index contributed by atoms with van der Waals surface area (Å²) in [5.41, 5.74) is 3.20. The Bertz CT molecular complexity index is 1390. The summed E-state index contributed by atoms with van der Waals surface area (Å²) in [5, 5.41) is 14.8. The van der Waals surface area contributed by atoms with Gasteiger partial charge in [0.15, 0.2) is 18.1 Å². The molecule has 0 saturated carbocycles. The fourth-order valence-electron chi connectivity index (χ4n) is 3.21. The average Bonchev–Trinajstić information content (AvgIpc) is 3.37. The molecule has 1 amide bonds. The van der Waals surface area contributed by atoms with Gasteiger partial charge in [0.05, 0.1) is 18.4 Å². The topological polar surface area (TPSA) is 84.2 Å². The number of thiazole rings is 1. The minimum atomic E-state index is -0.319. The van der Waals surface area contributed by atoms with Gasteiger partial charge in [0.2, 0.25) is 0 Å². The van der Waals surface area contributed by atoms with E-state index in [-0.39, 0.29) is 18.3 Å². The van der Waals surface area contributed by atoms with Gasteiger partial charge in [-0.2, -0.15) is 5.26 Å². The van der Waals surface area contributed by atoms with Crippen LogP contribution < -0.4 is 14.8 Å². The number of nitrogens with one attached hydrogen (secondary N) is 1. The summed E-state index contributed by atoms with van der Waals surface area (Å²) in [5.74, 6) is 0.212. The van der Waals surface area contributed by atoms with E-state index in [9.17, 15) is 14.4 Å². The van der Waals surface area contributed by atoms with Crippen LogP contribution in [0.2, 0.25) is 0 Å². The lowest BCUT2D eigenvalue weighted by Gasteiger charge is -2.11. The van der Waals surface area contributed by atoms with Gasteiger partial charge in [-0.3, -0.25) is 4.79 Å². The normalized spacial score (nSPS) is 10.9. The van der Waals surface area contributed by atoms with Crippen molar-refractivity contribution in [3.8, 4) is 28.8 Å². The van der Waals surface area contributed by atoms with Gasteiger partial charge in [-0.05, 0) is 60.2 Å². The summed E-state index contributed by atoms with van der Waals surface area (Å²) >= 11 is 1.33. The Morgan fingerprint density at radius 1 is 1.11 bits per heavy atom. The molecule has 0 bridgehead atoms. The van der Waals surface area contributed by atoms with E-state index in [2.05, 4.69) is 16.4 Å². The third kappa shape index (κ3) is 6.10. The second-order valence-electron chi connectivity index (χ2n) is 7.33. The number of rotatable bonds is 8. The Morgan fingerprint density at radius 2 is 1.89 bits per heavy atom. The standard InChI is InChI=1S/C27H20FN3O3S/c1-33-25-14-18(7-12-24(25)34-16-26(32)30-22-5-3-2-4-6-22)13-20(15-29)27-31-23(17-35-27)19-8-10-21(28)11-9-19/h2-14,17H,16H2,1H3,(H,30,32).